The zero-order valence-electron chi connectivity index (χ0n) is 17.6. The fourth-order valence-corrected chi connectivity index (χ4v) is 5.88. The second-order valence-corrected chi connectivity index (χ2v) is 10.5. The van der Waals surface area contributed by atoms with E-state index in [-0.39, 0.29) is 23.5 Å². The van der Waals surface area contributed by atoms with E-state index < -0.39 is 57.4 Å². The van der Waals surface area contributed by atoms with E-state index in [1.165, 1.54) is 17.9 Å². The highest BCUT2D eigenvalue weighted by atomic mass is 32.2. The van der Waals surface area contributed by atoms with Gasteiger partial charge in [0, 0.05) is 5.69 Å². The molecule has 2 aliphatic rings. The normalized spacial score (nSPS) is 24.1. The maximum absolute atomic E-state index is 13.7. The Morgan fingerprint density at radius 1 is 1.15 bits per heavy atom. The molecule has 2 saturated heterocycles. The minimum atomic E-state index is -3.31. The molecule has 0 saturated carbocycles. The molecule has 1 N–H and O–H groups in total. The number of halogens is 2. The first-order valence-electron chi connectivity index (χ1n) is 10.2. The Bertz CT molecular complexity index is 1240. The lowest BCUT2D eigenvalue weighted by Crippen LogP contribution is -2.48. The smallest absolute Gasteiger partial charge is 0.319 e. The van der Waals surface area contributed by atoms with E-state index >= 15 is 0 Å². The number of imide groups is 1. The number of amides is 4. The van der Waals surface area contributed by atoms with Crippen LogP contribution in [0.1, 0.15) is 18.9 Å². The van der Waals surface area contributed by atoms with Crippen molar-refractivity contribution in [2.45, 2.75) is 24.9 Å². The zero-order chi connectivity index (χ0) is 24.0. The Labute approximate surface area is 189 Å². The molecule has 4 amide bonds. The predicted octanol–water partition coefficient (Wildman–Crippen LogP) is 1.95. The molecule has 33 heavy (non-hydrogen) atoms. The number of urea groups is 1. The molecule has 2 aromatic rings. The van der Waals surface area contributed by atoms with Crippen LogP contribution in [0.4, 0.5) is 19.3 Å². The van der Waals surface area contributed by atoms with Crippen molar-refractivity contribution in [3.05, 3.63) is 65.7 Å². The van der Waals surface area contributed by atoms with Crippen molar-refractivity contribution in [2.75, 3.05) is 23.0 Å². The fraction of sp³-hybridized carbons (Fsp3) is 0.318. The van der Waals surface area contributed by atoms with Crippen molar-refractivity contribution < 1.29 is 31.6 Å². The van der Waals surface area contributed by atoms with Crippen molar-refractivity contribution >= 4 is 33.4 Å². The van der Waals surface area contributed by atoms with E-state index in [4.69, 9.17) is 0 Å². The predicted molar refractivity (Wildman–Crippen MR) is 115 cm³/mol. The van der Waals surface area contributed by atoms with Crippen molar-refractivity contribution in [3.8, 4) is 0 Å². The summed E-state index contributed by atoms with van der Waals surface area (Å²) >= 11 is 0. The van der Waals surface area contributed by atoms with Crippen LogP contribution >= 0.6 is 0 Å². The highest BCUT2D eigenvalue weighted by Crippen LogP contribution is 2.31. The average molecular weight is 477 g/mol. The fourth-order valence-electron chi connectivity index (χ4n) is 4.18. The third-order valence-corrected chi connectivity index (χ3v) is 7.69. The van der Waals surface area contributed by atoms with Crippen molar-refractivity contribution in [3.63, 3.8) is 0 Å². The number of para-hydroxylation sites is 1. The summed E-state index contributed by atoms with van der Waals surface area (Å²) in [6.45, 7) is 0.693. The van der Waals surface area contributed by atoms with Gasteiger partial charge in [0.1, 0.15) is 12.1 Å². The summed E-state index contributed by atoms with van der Waals surface area (Å²) in [7, 11) is -3.31. The van der Waals surface area contributed by atoms with Gasteiger partial charge in [0.25, 0.3) is 5.91 Å². The van der Waals surface area contributed by atoms with Crippen LogP contribution in [-0.4, -0.2) is 55.3 Å². The minimum absolute atomic E-state index is 0.0245. The third kappa shape index (κ3) is 4.20. The van der Waals surface area contributed by atoms with Gasteiger partial charge in [-0.25, -0.2) is 22.0 Å². The highest BCUT2D eigenvalue weighted by molar-refractivity contribution is 7.91. The van der Waals surface area contributed by atoms with Gasteiger partial charge in [-0.15, -0.1) is 0 Å². The Kier molecular flexibility index (Phi) is 5.69. The van der Waals surface area contributed by atoms with Crippen LogP contribution in [0, 0.1) is 11.6 Å². The number of carbonyl (C=O) groups is 3. The Hall–Kier alpha value is -3.34. The molecule has 0 radical (unpaired) electrons. The van der Waals surface area contributed by atoms with E-state index in [0.717, 1.165) is 12.1 Å². The van der Waals surface area contributed by atoms with Crippen molar-refractivity contribution in [1.29, 1.82) is 0 Å². The Morgan fingerprint density at radius 2 is 1.85 bits per heavy atom. The second kappa shape index (κ2) is 8.22. The van der Waals surface area contributed by atoms with Crippen LogP contribution in [0.25, 0.3) is 0 Å². The standard InChI is InChI=1S/C22H21F2N3O5S/c1-22(14-7-8-17(23)18(24)11-14)20(29)26(21(30)25-22)12-19(28)27(15-5-3-2-4-6-15)16-9-10-33(31,32)13-16/h2-8,11,16H,9-10,12-13H2,1H3,(H,25,30)/t16-,22-/m1/s1. The molecule has 2 aliphatic heterocycles. The number of nitrogens with zero attached hydrogens (tertiary/aromatic N) is 2. The first kappa shape index (κ1) is 22.8. The third-order valence-electron chi connectivity index (χ3n) is 5.94. The summed E-state index contributed by atoms with van der Waals surface area (Å²) in [5, 5.41) is 2.44. The van der Waals surface area contributed by atoms with Gasteiger partial charge in [0.05, 0.1) is 17.5 Å². The van der Waals surface area contributed by atoms with E-state index in [0.29, 0.717) is 10.6 Å². The SMILES string of the molecule is C[C@]1(c2ccc(F)c(F)c2)NC(=O)N(CC(=O)N(c2ccccc2)[C@@H]2CCS(=O)(=O)C2)C1=O. The summed E-state index contributed by atoms with van der Waals surface area (Å²) in [5.74, 6) is -4.01. The molecule has 2 heterocycles. The number of anilines is 1. The van der Waals surface area contributed by atoms with E-state index in [9.17, 15) is 31.6 Å². The molecule has 2 atom stereocenters. The molecule has 0 bridgehead atoms. The van der Waals surface area contributed by atoms with Crippen LogP contribution in [0.3, 0.4) is 0 Å². The topological polar surface area (TPSA) is 104 Å². The number of hydrogen-bond donors (Lipinski definition) is 1. The maximum Gasteiger partial charge on any atom is 0.325 e. The molecular weight excluding hydrogens is 456 g/mol. The highest BCUT2D eigenvalue weighted by Gasteiger charge is 2.50. The average Bonchev–Trinajstić information content (AvgIpc) is 3.22. The summed E-state index contributed by atoms with van der Waals surface area (Å²) < 4.78 is 51.1. The molecule has 0 aromatic heterocycles. The van der Waals surface area contributed by atoms with Crippen LogP contribution < -0.4 is 10.2 Å². The molecule has 8 nitrogen and oxygen atoms in total. The largest absolute Gasteiger partial charge is 0.325 e. The molecule has 0 unspecified atom stereocenters. The number of rotatable bonds is 5. The van der Waals surface area contributed by atoms with E-state index in [2.05, 4.69) is 5.32 Å². The van der Waals surface area contributed by atoms with E-state index in [1.807, 2.05) is 0 Å². The molecule has 11 heteroatoms. The molecule has 2 fully saturated rings. The summed E-state index contributed by atoms with van der Waals surface area (Å²) in [5.41, 5.74) is -1.23. The number of nitrogens with one attached hydrogen (secondary N) is 1. The quantitative estimate of drug-likeness (QED) is 0.663. The molecule has 4 rings (SSSR count). The van der Waals surface area contributed by atoms with Crippen LogP contribution in [0.5, 0.6) is 0 Å². The molecule has 174 valence electrons. The first-order chi connectivity index (χ1) is 15.5. The van der Waals surface area contributed by atoms with Gasteiger partial charge in [-0.3, -0.25) is 14.5 Å². The van der Waals surface area contributed by atoms with Gasteiger partial charge in [-0.05, 0) is 43.2 Å². The number of benzene rings is 2. The molecule has 0 spiro atoms. The van der Waals surface area contributed by atoms with Gasteiger partial charge in [-0.2, -0.15) is 0 Å². The van der Waals surface area contributed by atoms with Crippen LogP contribution in [0.2, 0.25) is 0 Å². The maximum atomic E-state index is 13.7. The Balaban J connectivity index is 1.61. The lowest BCUT2D eigenvalue weighted by Gasteiger charge is -2.30. The molecule has 0 aliphatic carbocycles. The molecule has 2 aromatic carbocycles. The zero-order valence-corrected chi connectivity index (χ0v) is 18.4. The molecular formula is C22H21F2N3O5S. The monoisotopic (exact) mass is 477 g/mol. The summed E-state index contributed by atoms with van der Waals surface area (Å²) in [6.07, 6.45) is 0.232. The van der Waals surface area contributed by atoms with Gasteiger partial charge in [0.2, 0.25) is 5.91 Å². The number of carbonyl (C=O) groups excluding carboxylic acids is 3. The lowest BCUT2D eigenvalue weighted by atomic mass is 9.92. The van der Waals surface area contributed by atoms with Crippen LogP contribution in [0.15, 0.2) is 48.5 Å². The first-order valence-corrected chi connectivity index (χ1v) is 12.0. The van der Waals surface area contributed by atoms with Gasteiger partial charge < -0.3 is 10.2 Å². The van der Waals surface area contributed by atoms with Gasteiger partial charge in [-0.1, -0.05) is 24.3 Å². The van der Waals surface area contributed by atoms with Crippen LogP contribution in [-0.2, 0) is 25.0 Å². The summed E-state index contributed by atoms with van der Waals surface area (Å²) in [4.78, 5) is 41.0. The minimum Gasteiger partial charge on any atom is -0.319 e. The second-order valence-electron chi connectivity index (χ2n) is 8.23. The van der Waals surface area contributed by atoms with Gasteiger partial charge in [0.15, 0.2) is 21.5 Å². The lowest BCUT2D eigenvalue weighted by molar-refractivity contribution is -0.134. The van der Waals surface area contributed by atoms with Crippen molar-refractivity contribution in [2.24, 2.45) is 0 Å². The van der Waals surface area contributed by atoms with Gasteiger partial charge >= 0.3 is 6.03 Å². The summed E-state index contributed by atoms with van der Waals surface area (Å²) in [6, 6.07) is 9.74. The van der Waals surface area contributed by atoms with E-state index in [1.54, 1.807) is 30.3 Å². The number of hydrogen-bond acceptors (Lipinski definition) is 5. The van der Waals surface area contributed by atoms with Crippen molar-refractivity contribution in [1.82, 2.24) is 10.2 Å². The Morgan fingerprint density at radius 3 is 2.45 bits per heavy atom. The number of sulfone groups is 1.